The third kappa shape index (κ3) is 2.41. The fourth-order valence-corrected chi connectivity index (χ4v) is 4.68. The lowest BCUT2D eigenvalue weighted by molar-refractivity contribution is 0.469. The number of fused-ring (bicyclic) bond motifs is 1. The molecule has 0 amide bonds. The van der Waals surface area contributed by atoms with Gasteiger partial charge in [-0.05, 0) is 86.1 Å². The van der Waals surface area contributed by atoms with Crippen molar-refractivity contribution in [2.45, 2.75) is 49.3 Å². The molecule has 0 radical (unpaired) electrons. The molecule has 1 aliphatic carbocycles. The highest BCUT2D eigenvalue weighted by Gasteiger charge is 2.23. The van der Waals surface area contributed by atoms with E-state index in [0.717, 1.165) is 24.8 Å². The Bertz CT molecular complexity index is 836. The Morgan fingerprint density at radius 3 is 2.32 bits per heavy atom. The molecule has 0 aromatic heterocycles. The Morgan fingerprint density at radius 1 is 0.909 bits per heavy atom. The van der Waals surface area contributed by atoms with Crippen LogP contribution in [0.25, 0.3) is 0 Å². The van der Waals surface area contributed by atoms with E-state index in [1.807, 2.05) is 12.1 Å². The number of rotatable bonds is 2. The van der Waals surface area contributed by atoms with E-state index in [1.54, 1.807) is 19.9 Å². The maximum atomic E-state index is 12.9. The van der Waals surface area contributed by atoms with Crippen LogP contribution in [0.3, 0.4) is 0 Å². The summed E-state index contributed by atoms with van der Waals surface area (Å²) in [6, 6.07) is 8.43. The summed E-state index contributed by atoms with van der Waals surface area (Å²) in [6.07, 6.45) is 4.28. The van der Waals surface area contributed by atoms with Gasteiger partial charge in [0.05, 0.1) is 9.79 Å². The number of hydrogen-bond acceptors (Lipinski definition) is 3. The van der Waals surface area contributed by atoms with E-state index >= 15 is 0 Å². The van der Waals surface area contributed by atoms with Gasteiger partial charge in [0.2, 0.25) is 9.84 Å². The topological polar surface area (TPSA) is 54.4 Å². The maximum absolute atomic E-state index is 12.9. The number of hydrogen-bond donors (Lipinski definition) is 1. The van der Waals surface area contributed by atoms with Gasteiger partial charge in [0.25, 0.3) is 0 Å². The molecule has 0 fully saturated rings. The van der Waals surface area contributed by atoms with Crippen molar-refractivity contribution in [1.82, 2.24) is 0 Å². The molecule has 0 atom stereocenters. The van der Waals surface area contributed by atoms with E-state index in [-0.39, 0.29) is 10.6 Å². The highest BCUT2D eigenvalue weighted by atomic mass is 32.2. The molecule has 0 aliphatic heterocycles. The number of aryl methyl sites for hydroxylation is 2. The first kappa shape index (κ1) is 15.1. The zero-order valence-corrected chi connectivity index (χ0v) is 13.7. The molecule has 0 spiro atoms. The smallest absolute Gasteiger partial charge is 0.206 e. The number of phenolic OH excluding ortho intramolecular Hbond substituents is 1. The summed E-state index contributed by atoms with van der Waals surface area (Å²) < 4.78 is 25.8. The Morgan fingerprint density at radius 2 is 1.59 bits per heavy atom. The molecule has 1 aliphatic rings. The Labute approximate surface area is 131 Å². The van der Waals surface area contributed by atoms with Crippen molar-refractivity contribution in [3.8, 4) is 5.75 Å². The van der Waals surface area contributed by atoms with Crippen molar-refractivity contribution < 1.29 is 13.5 Å². The van der Waals surface area contributed by atoms with Crippen LogP contribution in [-0.4, -0.2) is 13.5 Å². The standard InChI is InChI=1S/C18H20O3S/c1-12-13(2)18(10-9-17(12)19)22(20,21)16-8-7-14-5-3-4-6-15(14)11-16/h7-11,19H,3-6H2,1-2H3. The van der Waals surface area contributed by atoms with E-state index < -0.39 is 9.84 Å². The number of benzene rings is 2. The number of aromatic hydroxyl groups is 1. The third-order valence-corrected chi connectivity index (χ3v) is 6.52. The zero-order chi connectivity index (χ0) is 15.9. The van der Waals surface area contributed by atoms with Crippen LogP contribution < -0.4 is 0 Å². The first-order chi connectivity index (χ1) is 10.4. The second kappa shape index (κ2) is 5.43. The van der Waals surface area contributed by atoms with Crippen molar-refractivity contribution in [2.24, 2.45) is 0 Å². The van der Waals surface area contributed by atoms with Crippen molar-refractivity contribution >= 4 is 9.84 Å². The highest BCUT2D eigenvalue weighted by molar-refractivity contribution is 7.91. The van der Waals surface area contributed by atoms with Gasteiger partial charge >= 0.3 is 0 Å². The largest absolute Gasteiger partial charge is 0.508 e. The molecular formula is C18H20O3S. The average molecular weight is 316 g/mol. The van der Waals surface area contributed by atoms with Crippen LogP contribution in [-0.2, 0) is 22.7 Å². The molecule has 2 aromatic carbocycles. The van der Waals surface area contributed by atoms with Gasteiger partial charge in [-0.15, -0.1) is 0 Å². The van der Waals surface area contributed by atoms with Gasteiger partial charge in [-0.3, -0.25) is 0 Å². The predicted molar refractivity (Wildman–Crippen MR) is 86.1 cm³/mol. The molecule has 4 heteroatoms. The van der Waals surface area contributed by atoms with Gasteiger partial charge in [0.1, 0.15) is 5.75 Å². The van der Waals surface area contributed by atoms with Gasteiger partial charge in [-0.2, -0.15) is 0 Å². The molecule has 2 aromatic rings. The molecule has 0 bridgehead atoms. The third-order valence-electron chi connectivity index (χ3n) is 4.63. The van der Waals surface area contributed by atoms with Crippen LogP contribution in [0.5, 0.6) is 5.75 Å². The Hall–Kier alpha value is -1.81. The molecule has 0 unspecified atom stereocenters. The van der Waals surface area contributed by atoms with Crippen molar-refractivity contribution in [2.75, 3.05) is 0 Å². The van der Waals surface area contributed by atoms with Gasteiger partial charge < -0.3 is 5.11 Å². The van der Waals surface area contributed by atoms with E-state index in [9.17, 15) is 13.5 Å². The predicted octanol–water partition coefficient (Wildman–Crippen LogP) is 3.72. The molecular weight excluding hydrogens is 296 g/mol. The number of phenols is 1. The monoisotopic (exact) mass is 316 g/mol. The minimum atomic E-state index is -3.55. The highest BCUT2D eigenvalue weighted by Crippen LogP contribution is 2.32. The van der Waals surface area contributed by atoms with E-state index in [0.29, 0.717) is 16.0 Å². The van der Waals surface area contributed by atoms with Gasteiger partial charge in [0.15, 0.2) is 0 Å². The lowest BCUT2D eigenvalue weighted by atomic mass is 9.92. The summed E-state index contributed by atoms with van der Waals surface area (Å²) in [5.74, 6) is 0.127. The minimum absolute atomic E-state index is 0.127. The molecule has 116 valence electrons. The SMILES string of the molecule is Cc1c(O)ccc(S(=O)(=O)c2ccc3c(c2)CCCC3)c1C. The Kier molecular flexibility index (Phi) is 3.73. The molecule has 0 saturated carbocycles. The quantitative estimate of drug-likeness (QED) is 0.918. The normalized spacial score (nSPS) is 14.6. The van der Waals surface area contributed by atoms with Crippen molar-refractivity contribution in [1.29, 1.82) is 0 Å². The molecule has 3 rings (SSSR count). The van der Waals surface area contributed by atoms with Crippen LogP contribution in [0, 0.1) is 13.8 Å². The van der Waals surface area contributed by atoms with E-state index in [2.05, 4.69) is 0 Å². The van der Waals surface area contributed by atoms with Crippen LogP contribution >= 0.6 is 0 Å². The molecule has 0 saturated heterocycles. The second-order valence-corrected chi connectivity index (χ2v) is 7.89. The fraction of sp³-hybridized carbons (Fsp3) is 0.333. The minimum Gasteiger partial charge on any atom is -0.508 e. The summed E-state index contributed by atoms with van der Waals surface area (Å²) in [6.45, 7) is 3.47. The van der Waals surface area contributed by atoms with Crippen LogP contribution in [0.15, 0.2) is 40.1 Å². The molecule has 0 heterocycles. The lowest BCUT2D eigenvalue weighted by Crippen LogP contribution is -2.08. The van der Waals surface area contributed by atoms with Crippen LogP contribution in [0.4, 0.5) is 0 Å². The fourth-order valence-electron chi connectivity index (χ4n) is 3.08. The molecule has 3 nitrogen and oxygen atoms in total. The van der Waals surface area contributed by atoms with Crippen molar-refractivity contribution in [3.05, 3.63) is 52.6 Å². The van der Waals surface area contributed by atoms with Crippen LogP contribution in [0.2, 0.25) is 0 Å². The maximum Gasteiger partial charge on any atom is 0.206 e. The molecule has 22 heavy (non-hydrogen) atoms. The molecule has 1 N–H and O–H groups in total. The van der Waals surface area contributed by atoms with Gasteiger partial charge in [0, 0.05) is 0 Å². The summed E-state index contributed by atoms with van der Waals surface area (Å²) in [5, 5.41) is 9.72. The van der Waals surface area contributed by atoms with Gasteiger partial charge in [-0.25, -0.2) is 8.42 Å². The summed E-state index contributed by atoms with van der Waals surface area (Å²) in [5.41, 5.74) is 3.64. The lowest BCUT2D eigenvalue weighted by Gasteiger charge is -2.17. The zero-order valence-electron chi connectivity index (χ0n) is 12.9. The Balaban J connectivity index is 2.13. The number of sulfone groups is 1. The van der Waals surface area contributed by atoms with E-state index in [4.69, 9.17) is 0 Å². The second-order valence-electron chi connectivity index (χ2n) is 5.97. The first-order valence-corrected chi connectivity index (χ1v) is 9.05. The van der Waals surface area contributed by atoms with Crippen LogP contribution in [0.1, 0.15) is 35.1 Å². The van der Waals surface area contributed by atoms with Gasteiger partial charge in [-0.1, -0.05) is 6.07 Å². The first-order valence-electron chi connectivity index (χ1n) is 7.57. The summed E-state index contributed by atoms with van der Waals surface area (Å²) in [7, 11) is -3.55. The summed E-state index contributed by atoms with van der Waals surface area (Å²) in [4.78, 5) is 0.625. The average Bonchev–Trinajstić information content (AvgIpc) is 2.52. The van der Waals surface area contributed by atoms with E-state index in [1.165, 1.54) is 24.1 Å². The summed E-state index contributed by atoms with van der Waals surface area (Å²) >= 11 is 0. The van der Waals surface area contributed by atoms with Crippen molar-refractivity contribution in [3.63, 3.8) is 0 Å².